The first-order chi connectivity index (χ1) is 7.66. The summed E-state index contributed by atoms with van der Waals surface area (Å²) < 4.78 is 0. The van der Waals surface area contributed by atoms with E-state index < -0.39 is 0 Å². The van der Waals surface area contributed by atoms with Crippen LogP contribution >= 0.6 is 0 Å². The van der Waals surface area contributed by atoms with Crippen molar-refractivity contribution in [2.24, 2.45) is 5.92 Å². The molecule has 2 heterocycles. The molecule has 0 bridgehead atoms. The number of likely N-dealkylation sites (N-methyl/N-ethyl adjacent to an activating group) is 2. The lowest BCUT2D eigenvalue weighted by Crippen LogP contribution is -2.57. The van der Waals surface area contributed by atoms with Gasteiger partial charge >= 0.3 is 0 Å². The van der Waals surface area contributed by atoms with E-state index >= 15 is 0 Å². The van der Waals surface area contributed by atoms with Gasteiger partial charge in [-0.05, 0) is 14.1 Å². The van der Waals surface area contributed by atoms with Crippen LogP contribution in [0.2, 0.25) is 0 Å². The first-order valence-electron chi connectivity index (χ1n) is 6.04. The van der Waals surface area contributed by atoms with Gasteiger partial charge in [-0.1, -0.05) is 0 Å². The van der Waals surface area contributed by atoms with Gasteiger partial charge in [0.25, 0.3) is 0 Å². The highest BCUT2D eigenvalue weighted by Crippen LogP contribution is 2.06. The van der Waals surface area contributed by atoms with Crippen LogP contribution < -0.4 is 10.6 Å². The molecular weight excluding hydrogens is 204 g/mol. The van der Waals surface area contributed by atoms with Crippen LogP contribution in [-0.2, 0) is 4.79 Å². The summed E-state index contributed by atoms with van der Waals surface area (Å²) in [4.78, 5) is 16.3. The molecule has 2 aliphatic rings. The second-order valence-corrected chi connectivity index (χ2v) is 5.00. The highest BCUT2D eigenvalue weighted by molar-refractivity contribution is 5.80. The number of piperazine rings is 1. The van der Waals surface area contributed by atoms with Crippen LogP contribution in [0.3, 0.4) is 0 Å². The van der Waals surface area contributed by atoms with Gasteiger partial charge in [-0.25, -0.2) is 0 Å². The van der Waals surface area contributed by atoms with Crippen LogP contribution in [0.1, 0.15) is 0 Å². The zero-order valence-electron chi connectivity index (χ0n) is 10.2. The van der Waals surface area contributed by atoms with E-state index in [-0.39, 0.29) is 11.8 Å². The third-order valence-electron chi connectivity index (χ3n) is 3.64. The predicted octanol–water partition coefficient (Wildman–Crippen LogP) is -1.43. The number of rotatable bonds is 3. The normalized spacial score (nSPS) is 28.8. The molecule has 2 rings (SSSR count). The number of nitrogens with one attached hydrogen (secondary N) is 2. The van der Waals surface area contributed by atoms with E-state index in [1.165, 1.54) is 0 Å². The topological polar surface area (TPSA) is 47.6 Å². The minimum atomic E-state index is 0.201. The van der Waals surface area contributed by atoms with E-state index in [0.29, 0.717) is 6.04 Å². The molecule has 5 nitrogen and oxygen atoms in total. The Kier molecular flexibility index (Phi) is 3.78. The predicted molar refractivity (Wildman–Crippen MR) is 63.3 cm³/mol. The first kappa shape index (κ1) is 11.8. The molecule has 0 saturated carbocycles. The second kappa shape index (κ2) is 5.12. The molecule has 0 radical (unpaired) electrons. The molecule has 2 N–H and O–H groups in total. The fourth-order valence-electron chi connectivity index (χ4n) is 2.16. The summed E-state index contributed by atoms with van der Waals surface area (Å²) in [6, 6.07) is 0.454. The summed E-state index contributed by atoms with van der Waals surface area (Å²) in [5.41, 5.74) is 0. The smallest absolute Gasteiger partial charge is 0.225 e. The molecule has 2 saturated heterocycles. The molecule has 92 valence electrons. The van der Waals surface area contributed by atoms with E-state index in [4.69, 9.17) is 0 Å². The maximum Gasteiger partial charge on any atom is 0.225 e. The number of amides is 1. The maximum atomic E-state index is 11.7. The average Bonchev–Trinajstić information content (AvgIpc) is 2.17. The van der Waals surface area contributed by atoms with Crippen LogP contribution in [0.15, 0.2) is 0 Å². The number of nitrogens with zero attached hydrogens (tertiary/aromatic N) is 2. The van der Waals surface area contributed by atoms with Crippen molar-refractivity contribution in [3.8, 4) is 0 Å². The summed E-state index contributed by atoms with van der Waals surface area (Å²) in [5, 5.41) is 6.17. The van der Waals surface area contributed by atoms with Gasteiger partial charge in [-0.15, -0.1) is 0 Å². The van der Waals surface area contributed by atoms with Gasteiger partial charge in [-0.2, -0.15) is 0 Å². The molecule has 2 fully saturated rings. The third kappa shape index (κ3) is 2.72. The fraction of sp³-hybridized carbons (Fsp3) is 0.909. The summed E-state index contributed by atoms with van der Waals surface area (Å²) >= 11 is 0. The summed E-state index contributed by atoms with van der Waals surface area (Å²) in [7, 11) is 4.27. The van der Waals surface area contributed by atoms with Gasteiger partial charge in [0.15, 0.2) is 0 Å². The zero-order valence-corrected chi connectivity index (χ0v) is 10.2. The van der Waals surface area contributed by atoms with E-state index in [2.05, 4.69) is 34.5 Å². The van der Waals surface area contributed by atoms with Crippen LogP contribution in [-0.4, -0.2) is 75.1 Å². The highest BCUT2D eigenvalue weighted by Gasteiger charge is 2.27. The van der Waals surface area contributed by atoms with Gasteiger partial charge in [0.2, 0.25) is 5.91 Å². The van der Waals surface area contributed by atoms with E-state index in [1.54, 1.807) is 0 Å². The van der Waals surface area contributed by atoms with Crippen molar-refractivity contribution in [3.63, 3.8) is 0 Å². The van der Waals surface area contributed by atoms with Crippen molar-refractivity contribution in [3.05, 3.63) is 0 Å². The Morgan fingerprint density at radius 1 is 1.38 bits per heavy atom. The number of hydrogen-bond acceptors (Lipinski definition) is 4. The van der Waals surface area contributed by atoms with Crippen molar-refractivity contribution in [1.82, 2.24) is 20.4 Å². The third-order valence-corrected chi connectivity index (χ3v) is 3.64. The molecule has 0 aromatic rings. The largest absolute Gasteiger partial charge is 0.354 e. The van der Waals surface area contributed by atoms with Crippen molar-refractivity contribution in [2.75, 3.05) is 53.4 Å². The Labute approximate surface area is 97.2 Å². The summed E-state index contributed by atoms with van der Waals surface area (Å²) in [6.07, 6.45) is 0. The highest BCUT2D eigenvalue weighted by atomic mass is 16.2. The minimum Gasteiger partial charge on any atom is -0.354 e. The SMILES string of the molecule is CN1CCN(C)C(CNC(=O)C2CNC2)C1. The number of carbonyl (C=O) groups excluding carboxylic acids is 1. The van der Waals surface area contributed by atoms with Crippen LogP contribution in [0, 0.1) is 5.92 Å². The monoisotopic (exact) mass is 226 g/mol. The molecular formula is C11H22N4O. The lowest BCUT2D eigenvalue weighted by Gasteiger charge is -2.38. The molecule has 16 heavy (non-hydrogen) atoms. The van der Waals surface area contributed by atoms with Gasteiger partial charge in [0.05, 0.1) is 5.92 Å². The Balaban J connectivity index is 1.73. The van der Waals surface area contributed by atoms with Gasteiger partial charge in [0.1, 0.15) is 0 Å². The quantitative estimate of drug-likeness (QED) is 0.619. The van der Waals surface area contributed by atoms with Crippen LogP contribution in [0.25, 0.3) is 0 Å². The van der Waals surface area contributed by atoms with Crippen molar-refractivity contribution < 1.29 is 4.79 Å². The van der Waals surface area contributed by atoms with Gasteiger partial charge in [-0.3, -0.25) is 9.69 Å². The Morgan fingerprint density at radius 2 is 2.12 bits per heavy atom. The Bertz CT molecular complexity index is 254. The van der Waals surface area contributed by atoms with E-state index in [9.17, 15) is 4.79 Å². The maximum absolute atomic E-state index is 11.7. The molecule has 0 aliphatic carbocycles. The summed E-state index contributed by atoms with van der Waals surface area (Å²) in [5.74, 6) is 0.409. The van der Waals surface area contributed by atoms with Gasteiger partial charge < -0.3 is 15.5 Å². The van der Waals surface area contributed by atoms with Crippen molar-refractivity contribution in [2.45, 2.75) is 6.04 Å². The Hall–Kier alpha value is -0.650. The van der Waals surface area contributed by atoms with Crippen molar-refractivity contribution >= 4 is 5.91 Å². The lowest BCUT2D eigenvalue weighted by atomic mass is 10.0. The molecule has 0 aromatic heterocycles. The molecule has 1 amide bonds. The van der Waals surface area contributed by atoms with Crippen LogP contribution in [0.5, 0.6) is 0 Å². The van der Waals surface area contributed by atoms with Crippen LogP contribution in [0.4, 0.5) is 0 Å². The van der Waals surface area contributed by atoms with E-state index in [1.807, 2.05) is 0 Å². The summed E-state index contributed by atoms with van der Waals surface area (Å²) in [6.45, 7) is 5.70. The molecule has 1 atom stereocenters. The standard InChI is InChI=1S/C11H22N4O/c1-14-3-4-15(2)10(8-14)7-13-11(16)9-5-12-6-9/h9-10,12H,3-8H2,1-2H3,(H,13,16). The average molecular weight is 226 g/mol. The molecule has 2 aliphatic heterocycles. The van der Waals surface area contributed by atoms with Crippen molar-refractivity contribution in [1.29, 1.82) is 0 Å². The molecule has 1 unspecified atom stereocenters. The second-order valence-electron chi connectivity index (χ2n) is 5.00. The molecule has 0 spiro atoms. The number of carbonyl (C=O) groups is 1. The number of hydrogen-bond donors (Lipinski definition) is 2. The fourth-order valence-corrected chi connectivity index (χ4v) is 2.16. The minimum absolute atomic E-state index is 0.201. The molecule has 5 heteroatoms. The molecule has 0 aromatic carbocycles. The van der Waals surface area contributed by atoms with E-state index in [0.717, 1.165) is 39.3 Å². The van der Waals surface area contributed by atoms with Gasteiger partial charge in [0, 0.05) is 45.3 Å². The first-order valence-corrected chi connectivity index (χ1v) is 6.04. The Morgan fingerprint density at radius 3 is 2.75 bits per heavy atom. The zero-order chi connectivity index (χ0) is 11.5. The lowest BCUT2D eigenvalue weighted by molar-refractivity contribution is -0.126.